The van der Waals surface area contributed by atoms with Gasteiger partial charge in [0.15, 0.2) is 5.65 Å². The summed E-state index contributed by atoms with van der Waals surface area (Å²) in [6.45, 7) is 0.562. The fraction of sp³-hybridized carbons (Fsp3) is 0.231. The maximum absolute atomic E-state index is 11.9. The number of carbonyl (C=O) groups excluding carboxylic acids is 1. The Morgan fingerprint density at radius 2 is 2.29 bits per heavy atom. The number of carbonyl (C=O) groups is 1. The van der Waals surface area contributed by atoms with E-state index in [2.05, 4.69) is 41.6 Å². The first-order valence-corrected chi connectivity index (χ1v) is 7.30. The zero-order chi connectivity index (χ0) is 14.7. The number of fused-ring (bicyclic) bond motifs is 1. The van der Waals surface area contributed by atoms with Crippen molar-refractivity contribution in [3.05, 3.63) is 46.6 Å². The van der Waals surface area contributed by atoms with Crippen molar-refractivity contribution < 1.29 is 4.79 Å². The highest BCUT2D eigenvalue weighted by molar-refractivity contribution is 9.10. The lowest BCUT2D eigenvalue weighted by Gasteiger charge is -2.03. The highest BCUT2D eigenvalue weighted by Crippen LogP contribution is 2.12. The van der Waals surface area contributed by atoms with Gasteiger partial charge in [0.05, 0.1) is 10.7 Å². The third kappa shape index (κ3) is 2.94. The van der Waals surface area contributed by atoms with Crippen molar-refractivity contribution in [3.8, 4) is 0 Å². The summed E-state index contributed by atoms with van der Waals surface area (Å²) in [5.74, 6) is 0.716. The van der Waals surface area contributed by atoms with Crippen LogP contribution >= 0.6 is 15.9 Å². The number of amides is 1. The van der Waals surface area contributed by atoms with Gasteiger partial charge < -0.3 is 5.32 Å². The van der Waals surface area contributed by atoms with E-state index in [0.717, 1.165) is 24.3 Å². The van der Waals surface area contributed by atoms with Crippen LogP contribution in [0.2, 0.25) is 0 Å². The molecule has 3 aromatic rings. The summed E-state index contributed by atoms with van der Waals surface area (Å²) in [6.07, 6.45) is 5.02. The minimum atomic E-state index is -0.175. The quantitative estimate of drug-likeness (QED) is 0.685. The van der Waals surface area contributed by atoms with E-state index in [1.165, 1.54) is 0 Å². The summed E-state index contributed by atoms with van der Waals surface area (Å²) < 4.78 is 2.61. The van der Waals surface area contributed by atoms with Gasteiger partial charge in [0.25, 0.3) is 5.91 Å². The third-order valence-electron chi connectivity index (χ3n) is 3.07. The molecule has 0 saturated carbocycles. The predicted octanol–water partition coefficient (Wildman–Crippen LogP) is 1.58. The molecular formula is C13H13BrN6O. The summed E-state index contributed by atoms with van der Waals surface area (Å²) >= 11 is 3.26. The molecule has 0 aliphatic rings. The molecule has 1 amide bonds. The molecule has 3 aromatic heterocycles. The van der Waals surface area contributed by atoms with E-state index in [-0.39, 0.29) is 5.91 Å². The molecule has 0 atom stereocenters. The molecule has 3 heterocycles. The van der Waals surface area contributed by atoms with Crippen LogP contribution < -0.4 is 5.32 Å². The number of aryl methyl sites for hydroxylation is 1. The second kappa shape index (κ2) is 6.04. The van der Waals surface area contributed by atoms with Crippen LogP contribution in [-0.4, -0.2) is 37.2 Å². The monoisotopic (exact) mass is 348 g/mol. The smallest absolute Gasteiger partial charge is 0.270 e. The normalized spacial score (nSPS) is 10.9. The lowest BCUT2D eigenvalue weighted by atomic mass is 10.3. The van der Waals surface area contributed by atoms with Gasteiger partial charge in [-0.15, -0.1) is 10.2 Å². The van der Waals surface area contributed by atoms with E-state index in [1.54, 1.807) is 6.20 Å². The topological polar surface area (TPSA) is 88.0 Å². The van der Waals surface area contributed by atoms with Crippen molar-refractivity contribution >= 4 is 27.5 Å². The van der Waals surface area contributed by atoms with Crippen molar-refractivity contribution in [2.45, 2.75) is 12.8 Å². The summed E-state index contributed by atoms with van der Waals surface area (Å²) in [5.41, 5.74) is 1.26. The molecule has 8 heteroatoms. The van der Waals surface area contributed by atoms with Crippen LogP contribution in [0.15, 0.2) is 35.1 Å². The number of aromatic nitrogens is 5. The molecule has 0 radical (unpaired) electrons. The van der Waals surface area contributed by atoms with Crippen LogP contribution in [0.25, 0.3) is 5.65 Å². The maximum Gasteiger partial charge on any atom is 0.270 e. The van der Waals surface area contributed by atoms with Gasteiger partial charge in [-0.2, -0.15) is 5.10 Å². The molecule has 0 aliphatic carbocycles. The molecule has 0 fully saturated rings. The van der Waals surface area contributed by atoms with Crippen LogP contribution in [0.1, 0.15) is 22.7 Å². The van der Waals surface area contributed by atoms with Gasteiger partial charge in [0, 0.05) is 19.2 Å². The second-order valence-electron chi connectivity index (χ2n) is 4.50. The molecule has 0 aromatic carbocycles. The number of rotatable bonds is 5. The van der Waals surface area contributed by atoms with E-state index < -0.39 is 0 Å². The molecule has 0 bridgehead atoms. The van der Waals surface area contributed by atoms with Crippen molar-refractivity contribution in [2.75, 3.05) is 6.54 Å². The molecule has 3 rings (SSSR count). The van der Waals surface area contributed by atoms with Crippen molar-refractivity contribution in [3.63, 3.8) is 0 Å². The molecule has 0 unspecified atom stereocenters. The molecule has 108 valence electrons. The van der Waals surface area contributed by atoms with E-state index in [9.17, 15) is 4.79 Å². The Kier molecular flexibility index (Phi) is 3.96. The lowest BCUT2D eigenvalue weighted by molar-refractivity contribution is 0.0947. The van der Waals surface area contributed by atoms with E-state index in [4.69, 9.17) is 0 Å². The van der Waals surface area contributed by atoms with Gasteiger partial charge in [-0.25, -0.2) is 0 Å². The Morgan fingerprint density at radius 1 is 1.38 bits per heavy atom. The number of H-pyrrole nitrogens is 1. The Bertz CT molecular complexity index is 765. The molecule has 0 saturated heterocycles. The Hall–Kier alpha value is -2.22. The van der Waals surface area contributed by atoms with Gasteiger partial charge in [0.2, 0.25) is 0 Å². The Morgan fingerprint density at radius 3 is 3.10 bits per heavy atom. The molecule has 0 spiro atoms. The van der Waals surface area contributed by atoms with Crippen molar-refractivity contribution in [2.24, 2.45) is 0 Å². The summed E-state index contributed by atoms with van der Waals surface area (Å²) in [6, 6.07) is 5.78. The Balaban J connectivity index is 1.53. The van der Waals surface area contributed by atoms with Crippen LogP contribution in [-0.2, 0) is 6.42 Å². The molecule has 7 nitrogen and oxygen atoms in total. The maximum atomic E-state index is 11.9. The first-order chi connectivity index (χ1) is 10.3. The average molecular weight is 349 g/mol. The summed E-state index contributed by atoms with van der Waals surface area (Å²) in [4.78, 5) is 11.9. The SMILES string of the molecule is O=C(NCCCc1nnc2ccccn12)c1[nH]ncc1Br. The standard InChI is InChI=1S/C13H13BrN6O/c14-9-8-16-19-12(9)13(21)15-6-3-5-11-18-17-10-4-1-2-7-20(10)11/h1-2,4,7-8H,3,5-6H2,(H,15,21)(H,16,19). The minimum Gasteiger partial charge on any atom is -0.351 e. The minimum absolute atomic E-state index is 0.175. The zero-order valence-electron chi connectivity index (χ0n) is 11.1. The summed E-state index contributed by atoms with van der Waals surface area (Å²) in [5, 5.41) is 17.5. The highest BCUT2D eigenvalue weighted by atomic mass is 79.9. The number of hydrogen-bond acceptors (Lipinski definition) is 4. The van der Waals surface area contributed by atoms with Gasteiger partial charge in [-0.1, -0.05) is 6.07 Å². The van der Waals surface area contributed by atoms with Gasteiger partial charge >= 0.3 is 0 Å². The first-order valence-electron chi connectivity index (χ1n) is 6.51. The fourth-order valence-corrected chi connectivity index (χ4v) is 2.40. The molecule has 0 aliphatic heterocycles. The molecule has 21 heavy (non-hydrogen) atoms. The van der Waals surface area contributed by atoms with Crippen molar-refractivity contribution in [1.82, 2.24) is 30.1 Å². The average Bonchev–Trinajstić information content (AvgIpc) is 3.10. The second-order valence-corrected chi connectivity index (χ2v) is 5.35. The number of pyridine rings is 1. The van der Waals surface area contributed by atoms with Crippen LogP contribution in [0.3, 0.4) is 0 Å². The number of halogens is 1. The number of hydrogen-bond donors (Lipinski definition) is 2. The summed E-state index contributed by atoms with van der Waals surface area (Å²) in [7, 11) is 0. The number of nitrogens with one attached hydrogen (secondary N) is 2. The van der Waals surface area contributed by atoms with Crippen LogP contribution in [0, 0.1) is 0 Å². The highest BCUT2D eigenvalue weighted by Gasteiger charge is 2.11. The van der Waals surface area contributed by atoms with E-state index >= 15 is 0 Å². The van der Waals surface area contributed by atoms with Gasteiger partial charge in [-0.05, 0) is 34.5 Å². The molecule has 2 N–H and O–H groups in total. The van der Waals surface area contributed by atoms with Crippen LogP contribution in [0.4, 0.5) is 0 Å². The van der Waals surface area contributed by atoms with Crippen molar-refractivity contribution in [1.29, 1.82) is 0 Å². The third-order valence-corrected chi connectivity index (χ3v) is 3.67. The van der Waals surface area contributed by atoms with E-state index in [1.807, 2.05) is 28.8 Å². The zero-order valence-corrected chi connectivity index (χ0v) is 12.7. The van der Waals surface area contributed by atoms with Gasteiger partial charge in [-0.3, -0.25) is 14.3 Å². The van der Waals surface area contributed by atoms with Gasteiger partial charge in [0.1, 0.15) is 11.5 Å². The largest absolute Gasteiger partial charge is 0.351 e. The Labute approximate surface area is 128 Å². The number of aromatic amines is 1. The van der Waals surface area contributed by atoms with E-state index in [0.29, 0.717) is 16.7 Å². The number of nitrogens with zero attached hydrogens (tertiary/aromatic N) is 4. The molecular weight excluding hydrogens is 336 g/mol. The fourth-order valence-electron chi connectivity index (χ4n) is 2.03. The van der Waals surface area contributed by atoms with Crippen LogP contribution in [0.5, 0.6) is 0 Å². The predicted molar refractivity (Wildman–Crippen MR) is 79.9 cm³/mol. The lowest BCUT2D eigenvalue weighted by Crippen LogP contribution is -2.25. The first kappa shape index (κ1) is 13.7.